The molecule has 17 aliphatic rings. The third-order valence-corrected chi connectivity index (χ3v) is 33.0. The predicted octanol–water partition coefficient (Wildman–Crippen LogP) is 18.8. The van der Waals surface area contributed by atoms with Gasteiger partial charge in [-0.15, -0.1) is 0 Å². The maximum Gasteiger partial charge on any atom is 0.346 e. The van der Waals surface area contributed by atoms with Gasteiger partial charge in [-0.25, -0.2) is 19.2 Å². The van der Waals surface area contributed by atoms with Gasteiger partial charge in [0.25, 0.3) is 0 Å². The molecule has 0 unspecified atom stereocenters. The molecule has 24 nitrogen and oxygen atoms in total. The van der Waals surface area contributed by atoms with Gasteiger partial charge in [0.05, 0.1) is 26.4 Å². The van der Waals surface area contributed by atoms with Crippen molar-refractivity contribution < 1.29 is 117 Å². The Morgan fingerprint density at radius 2 is 0.379 bits per heavy atom. The third-order valence-electron chi connectivity index (χ3n) is 33.0. The Morgan fingerprint density at radius 1 is 0.227 bits per heavy atom. The number of hydrogen-bond acceptors (Lipinski definition) is 24. The van der Waals surface area contributed by atoms with Gasteiger partial charge in [0.15, 0.2) is 53.6 Å². The highest BCUT2D eigenvalue weighted by atomic mass is 16.7. The van der Waals surface area contributed by atoms with Crippen molar-refractivity contribution in [3.8, 4) is 69.0 Å². The van der Waals surface area contributed by atoms with E-state index in [-0.39, 0.29) is 116 Å². The van der Waals surface area contributed by atoms with Crippen molar-refractivity contribution in [3.63, 3.8) is 0 Å². The molecule has 0 aliphatic heterocycles. The van der Waals surface area contributed by atoms with Gasteiger partial charge in [0.1, 0.15) is 69.0 Å². The molecule has 16 fully saturated rings. The number of phenolic OH excluding ortho intramolecular Hbond substituents is 8. The minimum absolute atomic E-state index is 0.0614. The van der Waals surface area contributed by atoms with Crippen LogP contribution in [0.25, 0.3) is 0 Å². The van der Waals surface area contributed by atoms with E-state index in [4.69, 9.17) is 56.8 Å². The number of benzene rings is 8. The molecule has 8 N–H and O–H groups in total. The number of fused-ring (bicyclic) bond motifs is 8. The summed E-state index contributed by atoms with van der Waals surface area (Å²) in [4.78, 5) is 53.7. The average molecular weight is 1800 g/mol. The Labute approximate surface area is 768 Å². The van der Waals surface area contributed by atoms with Gasteiger partial charge in [-0.3, -0.25) is 0 Å². The topological polar surface area (TPSA) is 341 Å². The van der Waals surface area contributed by atoms with Crippen LogP contribution in [0.15, 0.2) is 146 Å². The Kier molecular flexibility index (Phi) is 24.0. The molecule has 25 rings (SSSR count). The lowest BCUT2D eigenvalue weighted by Crippen LogP contribution is -2.48. The van der Waals surface area contributed by atoms with Crippen LogP contribution < -0.4 is 18.9 Å². The molecule has 0 spiro atoms. The summed E-state index contributed by atoms with van der Waals surface area (Å²) in [5.74, 6) is -1.79. The maximum atomic E-state index is 13.4. The van der Waals surface area contributed by atoms with E-state index in [1.54, 1.807) is 97.1 Å². The molecule has 0 aromatic heterocycles. The van der Waals surface area contributed by atoms with Crippen molar-refractivity contribution in [2.24, 2.45) is 92.7 Å². The lowest BCUT2D eigenvalue weighted by Gasteiger charge is -2.56. The first kappa shape index (κ1) is 87.7. The summed E-state index contributed by atoms with van der Waals surface area (Å²) >= 11 is 0. The van der Waals surface area contributed by atoms with Crippen LogP contribution in [0.1, 0.15) is 245 Å². The predicted molar refractivity (Wildman–Crippen MR) is 481 cm³/mol. The van der Waals surface area contributed by atoms with E-state index in [2.05, 4.69) is 0 Å². The SMILES string of the molecule is O=C(COc1ccc(C2c3cc(c(O)cc3O)C(c3ccc(OCC(=O)OCOCC45CC6CC(CC(C6)C4)C5)cc3)c3cc(c(O)cc3O)C(c3ccc(OCC(=O)OCOCC45CC6CC(CC(C6)C4)C5)cc3)c3cc(c(O)cc3O)C(c3ccc(OCC(=O)OCOCC45CC6CC(CC(C6)C4)C5)cc3)c3cc2c(O)cc3O)cc1)OCOCC12CC3CC(CC(C3)C1)C2. The Morgan fingerprint density at radius 3 is 0.530 bits per heavy atom. The monoisotopic (exact) mass is 1800 g/mol. The van der Waals surface area contributed by atoms with Gasteiger partial charge in [0.2, 0.25) is 0 Å². The quantitative estimate of drug-likeness (QED) is 0.00840. The van der Waals surface area contributed by atoms with Crippen LogP contribution in [0.5, 0.6) is 69.0 Å². The molecule has 17 aliphatic carbocycles. The van der Waals surface area contributed by atoms with E-state index in [0.29, 0.717) is 48.7 Å². The van der Waals surface area contributed by atoms with Gasteiger partial charge in [-0.2, -0.15) is 0 Å². The van der Waals surface area contributed by atoms with E-state index >= 15 is 0 Å². The number of carbonyl (C=O) groups excluding carboxylic acids is 4. The van der Waals surface area contributed by atoms with Gasteiger partial charge in [-0.1, -0.05) is 48.5 Å². The van der Waals surface area contributed by atoms with Crippen molar-refractivity contribution in [2.75, 3.05) is 80.0 Å². The smallest absolute Gasteiger partial charge is 0.346 e. The van der Waals surface area contributed by atoms with E-state index < -0.39 is 120 Å². The summed E-state index contributed by atoms with van der Waals surface area (Å²) in [6.45, 7) is -0.659. The molecule has 0 saturated heterocycles. The largest absolute Gasteiger partial charge is 0.507 e. The molecule has 696 valence electrons. The van der Waals surface area contributed by atoms with Crippen LogP contribution in [0, 0.1) is 92.7 Å². The number of esters is 4. The first-order valence-electron chi connectivity index (χ1n) is 48.0. The second-order valence-electron chi connectivity index (χ2n) is 42.6. The van der Waals surface area contributed by atoms with Crippen molar-refractivity contribution >= 4 is 23.9 Å². The highest BCUT2D eigenvalue weighted by molar-refractivity contribution is 5.73. The van der Waals surface area contributed by atoms with Crippen LogP contribution in [0.3, 0.4) is 0 Å². The van der Waals surface area contributed by atoms with Gasteiger partial charge >= 0.3 is 23.9 Å². The number of carbonyl (C=O) groups is 4. The lowest BCUT2D eigenvalue weighted by molar-refractivity contribution is -0.168. The zero-order valence-corrected chi connectivity index (χ0v) is 74.7. The Balaban J connectivity index is 0.615. The van der Waals surface area contributed by atoms with E-state index in [0.717, 1.165) is 172 Å². The molecule has 16 saturated carbocycles. The summed E-state index contributed by atoms with van der Waals surface area (Å²) in [5, 5.41) is 102. The summed E-state index contributed by atoms with van der Waals surface area (Å²) in [6.07, 6.45) is 29.2. The van der Waals surface area contributed by atoms with E-state index in [1.165, 1.54) is 101 Å². The fourth-order valence-corrected chi connectivity index (χ4v) is 29.5. The second-order valence-corrected chi connectivity index (χ2v) is 42.6. The zero-order chi connectivity index (χ0) is 90.3. The summed E-state index contributed by atoms with van der Waals surface area (Å²) in [6, 6.07) is 36.9. The second kappa shape index (κ2) is 36.1. The normalized spacial score (nSPS) is 30.7. The molecule has 8 aromatic rings. The van der Waals surface area contributed by atoms with Crippen molar-refractivity contribution in [3.05, 3.63) is 212 Å². The molecule has 0 amide bonds. The molecule has 132 heavy (non-hydrogen) atoms. The maximum absolute atomic E-state index is 13.4. The number of rotatable bonds is 32. The van der Waals surface area contributed by atoms with E-state index in [9.17, 15) is 60.0 Å². The summed E-state index contributed by atoms with van der Waals surface area (Å²) in [5.41, 5.74) is 2.50. The Hall–Kier alpha value is -10.9. The van der Waals surface area contributed by atoms with Crippen LogP contribution in [0.4, 0.5) is 0 Å². The number of ether oxygens (including phenoxy) is 12. The molecular formula is C108H120O24. The van der Waals surface area contributed by atoms with Crippen LogP contribution in [-0.4, -0.2) is 145 Å². The highest BCUT2D eigenvalue weighted by Crippen LogP contribution is 2.65. The summed E-state index contributed by atoms with van der Waals surface area (Å²) < 4.78 is 70.9. The fourth-order valence-electron chi connectivity index (χ4n) is 29.5. The van der Waals surface area contributed by atoms with E-state index in [1.807, 2.05) is 0 Å². The van der Waals surface area contributed by atoms with Crippen molar-refractivity contribution in [1.29, 1.82) is 0 Å². The first-order chi connectivity index (χ1) is 63.9. The number of hydrogen-bond donors (Lipinski definition) is 8. The molecule has 24 heteroatoms. The molecule has 0 atom stereocenters. The third kappa shape index (κ3) is 18.3. The van der Waals surface area contributed by atoms with Crippen LogP contribution >= 0.6 is 0 Å². The van der Waals surface area contributed by atoms with Gasteiger partial charge in [-0.05, 0) is 342 Å². The van der Waals surface area contributed by atoms with Gasteiger partial charge < -0.3 is 97.7 Å². The van der Waals surface area contributed by atoms with Crippen LogP contribution in [0.2, 0.25) is 0 Å². The van der Waals surface area contributed by atoms with Crippen molar-refractivity contribution in [2.45, 2.75) is 178 Å². The van der Waals surface area contributed by atoms with Crippen LogP contribution in [-0.2, 0) is 57.1 Å². The molecule has 0 radical (unpaired) electrons. The van der Waals surface area contributed by atoms with Gasteiger partial charge in [0, 0.05) is 92.4 Å². The molecular weight excluding hydrogens is 1680 g/mol. The average Bonchev–Trinajstić information content (AvgIpc) is 0.658. The standard InChI is InChI=1S/C108H120O24/c109-89-33-91(111)83-29-81(89)101(73-1-9-77(10-2-73)125-49-97(117)129-57-121-53-105-37-61-17-62(38-105)19-63(18-61)39-105)82-30-84(92(112)34-90(82)110)103(75-5-13-79(14-6-75)127-51-99(119)131-59-123-55-107-43-67-23-68(44-107)25-69(24-67)45-107)86-32-88(96(116)36-94(86)114)104(76-7-15-80(16-8-76)128-52-100(120)132-60-124-56-108-46-70-26-71(47-108)28-72(27-70)48-108)87-31-85(93(113)35-95(87)115)102(83)74-3-11-78(12-4-74)126-50-98(118)130-58-122-54-106-40-64-20-65(41-106)22-66(21-64)42-106/h1-16,29-36,61-72,101-104,109-116H,17-28,37-60H2. The number of aromatic hydroxyl groups is 8. The highest BCUT2D eigenvalue weighted by Gasteiger charge is 2.55. The fraction of sp³-hybridized carbons (Fsp3) is 0.519. The molecule has 24 bridgehead atoms. The minimum atomic E-state index is -1.27. The van der Waals surface area contributed by atoms with Crippen molar-refractivity contribution in [1.82, 2.24) is 0 Å². The molecule has 0 heterocycles. The molecule has 8 aromatic carbocycles. The zero-order valence-electron chi connectivity index (χ0n) is 74.7. The first-order valence-corrected chi connectivity index (χ1v) is 48.0. The summed E-state index contributed by atoms with van der Waals surface area (Å²) in [7, 11) is 0. The lowest BCUT2D eigenvalue weighted by atomic mass is 9.50. The number of phenols is 8. The Bertz CT molecular complexity index is 4680. The minimum Gasteiger partial charge on any atom is -0.507 e.